The highest BCUT2D eigenvalue weighted by molar-refractivity contribution is 7.98. The quantitative estimate of drug-likeness (QED) is 0.794. The van der Waals surface area contributed by atoms with Crippen molar-refractivity contribution in [3.63, 3.8) is 0 Å². The average molecular weight is 256 g/mol. The molecule has 0 radical (unpaired) electrons. The van der Waals surface area contributed by atoms with Crippen LogP contribution in [0.2, 0.25) is 0 Å². The lowest BCUT2D eigenvalue weighted by Gasteiger charge is -2.22. The van der Waals surface area contributed by atoms with Crippen LogP contribution in [0.15, 0.2) is 17.0 Å². The van der Waals surface area contributed by atoms with Crippen LogP contribution in [0, 0.1) is 0 Å². The molecule has 1 atom stereocenters. The lowest BCUT2D eigenvalue weighted by molar-refractivity contribution is -0.147. The molecule has 0 aromatic heterocycles. The van der Waals surface area contributed by atoms with Gasteiger partial charge in [0.1, 0.15) is 13.2 Å². The summed E-state index contributed by atoms with van der Waals surface area (Å²) in [5.41, 5.74) is 0.328. The van der Waals surface area contributed by atoms with E-state index in [-0.39, 0.29) is 0 Å². The number of rotatable bonds is 3. The Balaban J connectivity index is 2.50. The molecule has 1 unspecified atom stereocenters. The third kappa shape index (κ3) is 2.18. The van der Waals surface area contributed by atoms with Crippen molar-refractivity contribution in [1.82, 2.24) is 0 Å². The molecule has 0 amide bonds. The molecular weight excluding hydrogens is 244 g/mol. The fraction of sp³-hybridized carbons (Fsp3) is 0.364. The van der Waals surface area contributed by atoms with E-state index >= 15 is 0 Å². The number of carboxylic acids is 1. The van der Waals surface area contributed by atoms with E-state index < -0.39 is 12.1 Å². The average Bonchev–Trinajstić information content (AvgIpc) is 2.36. The van der Waals surface area contributed by atoms with Crippen molar-refractivity contribution >= 4 is 17.7 Å². The molecular formula is C11H12O5S. The van der Waals surface area contributed by atoms with Crippen LogP contribution in [0.4, 0.5) is 0 Å². The van der Waals surface area contributed by atoms with Crippen LogP contribution < -0.4 is 9.47 Å². The van der Waals surface area contributed by atoms with Crippen LogP contribution in [0.3, 0.4) is 0 Å². The number of carbonyl (C=O) groups is 1. The smallest absolute Gasteiger partial charge is 0.337 e. The molecule has 0 spiro atoms. The number of aliphatic carboxylic acids is 1. The van der Waals surface area contributed by atoms with Crippen LogP contribution in [0.25, 0.3) is 0 Å². The Morgan fingerprint density at radius 2 is 2.12 bits per heavy atom. The number of benzene rings is 1. The van der Waals surface area contributed by atoms with Gasteiger partial charge in [0, 0.05) is 5.56 Å². The fourth-order valence-corrected chi connectivity index (χ4v) is 2.42. The summed E-state index contributed by atoms with van der Waals surface area (Å²) in [6.07, 6.45) is 0.249. The van der Waals surface area contributed by atoms with E-state index in [4.69, 9.17) is 14.6 Å². The molecule has 1 aromatic carbocycles. The third-order valence-corrected chi connectivity index (χ3v) is 3.26. The van der Waals surface area contributed by atoms with Gasteiger partial charge in [-0.1, -0.05) is 6.07 Å². The second-order valence-electron chi connectivity index (χ2n) is 3.45. The summed E-state index contributed by atoms with van der Waals surface area (Å²) in [6, 6.07) is 3.17. The molecule has 1 aliphatic rings. The molecule has 0 saturated heterocycles. The standard InChI is InChI=1S/C11H12O5S/c1-17-10-6(8(12)11(13)14)2-3-7-9(10)16-5-4-15-7/h2-3,8,12H,4-5H2,1H3,(H,13,14). The highest BCUT2D eigenvalue weighted by atomic mass is 32.2. The van der Waals surface area contributed by atoms with Gasteiger partial charge in [-0.15, -0.1) is 11.8 Å². The van der Waals surface area contributed by atoms with E-state index in [2.05, 4.69) is 0 Å². The number of fused-ring (bicyclic) bond motifs is 1. The lowest BCUT2D eigenvalue weighted by atomic mass is 10.1. The minimum atomic E-state index is -1.55. The maximum absolute atomic E-state index is 10.8. The van der Waals surface area contributed by atoms with Gasteiger partial charge in [-0.05, 0) is 12.3 Å². The van der Waals surface area contributed by atoms with Crippen molar-refractivity contribution in [2.24, 2.45) is 0 Å². The SMILES string of the molecule is CSc1c(C(O)C(=O)O)ccc2c1OCCO2. The van der Waals surface area contributed by atoms with E-state index in [9.17, 15) is 9.90 Å². The molecule has 0 saturated carbocycles. The largest absolute Gasteiger partial charge is 0.486 e. The van der Waals surface area contributed by atoms with E-state index in [1.807, 2.05) is 0 Å². The summed E-state index contributed by atoms with van der Waals surface area (Å²) in [4.78, 5) is 11.4. The Hall–Kier alpha value is -1.40. The number of carboxylic acid groups (broad SMARTS) is 1. The Morgan fingerprint density at radius 3 is 2.76 bits per heavy atom. The number of ether oxygens (including phenoxy) is 2. The molecule has 2 rings (SSSR count). The molecule has 0 fully saturated rings. The Labute approximate surface area is 102 Å². The van der Waals surface area contributed by atoms with Crippen molar-refractivity contribution in [1.29, 1.82) is 0 Å². The zero-order chi connectivity index (χ0) is 12.4. The number of hydrogen-bond donors (Lipinski definition) is 2. The minimum Gasteiger partial charge on any atom is -0.486 e. The Morgan fingerprint density at radius 1 is 1.41 bits per heavy atom. The van der Waals surface area contributed by atoms with E-state index in [1.54, 1.807) is 18.4 Å². The molecule has 1 aromatic rings. The second-order valence-corrected chi connectivity index (χ2v) is 4.27. The van der Waals surface area contributed by atoms with Crippen molar-refractivity contribution in [3.8, 4) is 11.5 Å². The predicted molar refractivity (Wildman–Crippen MR) is 61.8 cm³/mol. The van der Waals surface area contributed by atoms with Crippen molar-refractivity contribution in [2.75, 3.05) is 19.5 Å². The summed E-state index contributed by atoms with van der Waals surface area (Å²) in [5, 5.41) is 18.4. The molecule has 1 aliphatic heterocycles. The van der Waals surface area contributed by atoms with Gasteiger partial charge in [-0.2, -0.15) is 0 Å². The minimum absolute atomic E-state index is 0.328. The van der Waals surface area contributed by atoms with Crippen molar-refractivity contribution in [2.45, 2.75) is 11.0 Å². The molecule has 17 heavy (non-hydrogen) atoms. The van der Waals surface area contributed by atoms with Crippen LogP contribution in [0.5, 0.6) is 11.5 Å². The van der Waals surface area contributed by atoms with Gasteiger partial charge in [-0.3, -0.25) is 0 Å². The van der Waals surface area contributed by atoms with E-state index in [1.165, 1.54) is 11.8 Å². The summed E-state index contributed by atoms with van der Waals surface area (Å²) in [5.74, 6) is -0.180. The van der Waals surface area contributed by atoms with Gasteiger partial charge < -0.3 is 19.7 Å². The van der Waals surface area contributed by atoms with E-state index in [0.717, 1.165) is 0 Å². The summed E-state index contributed by atoms with van der Waals surface area (Å²) < 4.78 is 10.9. The second kappa shape index (κ2) is 4.85. The van der Waals surface area contributed by atoms with Gasteiger partial charge >= 0.3 is 5.97 Å². The Bertz CT molecular complexity index is 446. The van der Waals surface area contributed by atoms with Gasteiger partial charge in [0.15, 0.2) is 17.6 Å². The fourth-order valence-electron chi connectivity index (χ4n) is 1.66. The lowest BCUT2D eigenvalue weighted by Crippen LogP contribution is -2.18. The molecule has 0 aliphatic carbocycles. The van der Waals surface area contributed by atoms with Crippen LogP contribution in [-0.2, 0) is 4.79 Å². The van der Waals surface area contributed by atoms with Gasteiger partial charge in [-0.25, -0.2) is 4.79 Å². The summed E-state index contributed by atoms with van der Waals surface area (Å²) in [6.45, 7) is 0.898. The molecule has 0 bridgehead atoms. The predicted octanol–water partition coefficient (Wildman–Crippen LogP) is 1.30. The maximum atomic E-state index is 10.8. The molecule has 92 valence electrons. The highest BCUT2D eigenvalue weighted by Crippen LogP contribution is 2.42. The number of hydrogen-bond acceptors (Lipinski definition) is 5. The topological polar surface area (TPSA) is 76.0 Å². The van der Waals surface area contributed by atoms with Crippen LogP contribution in [-0.4, -0.2) is 35.7 Å². The first kappa shape index (κ1) is 12.1. The van der Waals surface area contributed by atoms with Gasteiger partial charge in [0.25, 0.3) is 0 Å². The van der Waals surface area contributed by atoms with Gasteiger partial charge in [0.05, 0.1) is 4.90 Å². The first-order chi connectivity index (χ1) is 8.15. The molecule has 6 heteroatoms. The Kier molecular flexibility index (Phi) is 3.44. The zero-order valence-electron chi connectivity index (χ0n) is 9.17. The number of aliphatic hydroxyl groups excluding tert-OH is 1. The molecule has 5 nitrogen and oxygen atoms in total. The monoisotopic (exact) mass is 256 g/mol. The molecule has 1 heterocycles. The first-order valence-electron chi connectivity index (χ1n) is 5.02. The maximum Gasteiger partial charge on any atom is 0.337 e. The van der Waals surface area contributed by atoms with E-state index in [0.29, 0.717) is 35.2 Å². The van der Waals surface area contributed by atoms with Gasteiger partial charge in [0.2, 0.25) is 0 Å². The number of aliphatic hydroxyl groups is 1. The van der Waals surface area contributed by atoms with Crippen LogP contribution >= 0.6 is 11.8 Å². The highest BCUT2D eigenvalue weighted by Gasteiger charge is 2.25. The van der Waals surface area contributed by atoms with Crippen molar-refractivity contribution in [3.05, 3.63) is 17.7 Å². The first-order valence-corrected chi connectivity index (χ1v) is 6.25. The normalized spacial score (nSPS) is 15.4. The summed E-state index contributed by atoms with van der Waals surface area (Å²) >= 11 is 1.33. The van der Waals surface area contributed by atoms with Crippen LogP contribution in [0.1, 0.15) is 11.7 Å². The zero-order valence-corrected chi connectivity index (χ0v) is 9.99. The van der Waals surface area contributed by atoms with Crippen molar-refractivity contribution < 1.29 is 24.5 Å². The number of thioether (sulfide) groups is 1. The third-order valence-electron chi connectivity index (χ3n) is 2.43. The molecule has 2 N–H and O–H groups in total. The summed E-state index contributed by atoms with van der Waals surface area (Å²) in [7, 11) is 0.